The van der Waals surface area contributed by atoms with E-state index in [0.717, 1.165) is 40.0 Å². The van der Waals surface area contributed by atoms with Crippen LogP contribution >= 0.6 is 0 Å². The van der Waals surface area contributed by atoms with Gasteiger partial charge in [-0.05, 0) is 73.2 Å². The largest absolute Gasteiger partial charge is 0.493 e. The highest BCUT2D eigenvalue weighted by Gasteiger charge is 2.13. The summed E-state index contributed by atoms with van der Waals surface area (Å²) in [5.74, 6) is 0.0355. The maximum Gasteiger partial charge on any atom is 0.335 e. The molecule has 0 heterocycles. The Morgan fingerprint density at radius 3 is 2.32 bits per heavy atom. The van der Waals surface area contributed by atoms with Crippen LogP contribution in [0.25, 0.3) is 11.1 Å². The number of aryl methyl sites for hydroxylation is 2. The average Bonchev–Trinajstić information content (AvgIpc) is 2.46. The van der Waals surface area contributed by atoms with Crippen molar-refractivity contribution in [1.82, 2.24) is 0 Å². The highest BCUT2D eigenvalue weighted by molar-refractivity contribution is 5.92. The summed E-state index contributed by atoms with van der Waals surface area (Å²) in [5, 5.41) is 9.27. The highest BCUT2D eigenvalue weighted by atomic mass is 16.5. The van der Waals surface area contributed by atoms with Crippen LogP contribution in [0, 0.1) is 20.8 Å². The fourth-order valence-electron chi connectivity index (χ4n) is 2.72. The monoisotopic (exact) mass is 298 g/mol. The van der Waals surface area contributed by atoms with Crippen LogP contribution in [0.3, 0.4) is 0 Å². The van der Waals surface area contributed by atoms with Gasteiger partial charge in [0.2, 0.25) is 0 Å². The fourth-order valence-corrected chi connectivity index (χ4v) is 2.72. The van der Waals surface area contributed by atoms with E-state index in [4.69, 9.17) is 4.74 Å². The summed E-state index contributed by atoms with van der Waals surface area (Å²) in [6.07, 6.45) is 0.973. The maximum atomic E-state index is 11.3. The lowest BCUT2D eigenvalue weighted by Gasteiger charge is -2.15. The van der Waals surface area contributed by atoms with Gasteiger partial charge in [0, 0.05) is 0 Å². The van der Waals surface area contributed by atoms with Gasteiger partial charge in [-0.2, -0.15) is 0 Å². The highest BCUT2D eigenvalue weighted by Crippen LogP contribution is 2.32. The molecule has 2 aromatic carbocycles. The minimum atomic E-state index is -0.893. The predicted octanol–water partition coefficient (Wildman–Crippen LogP) is 4.77. The van der Waals surface area contributed by atoms with Crippen LogP contribution in [-0.2, 0) is 0 Å². The number of rotatable bonds is 5. The van der Waals surface area contributed by atoms with Gasteiger partial charge in [0.25, 0.3) is 0 Å². The van der Waals surface area contributed by atoms with E-state index < -0.39 is 5.97 Å². The van der Waals surface area contributed by atoms with Gasteiger partial charge >= 0.3 is 5.97 Å². The van der Waals surface area contributed by atoms with Crippen LogP contribution in [0.4, 0.5) is 0 Å². The topological polar surface area (TPSA) is 46.5 Å². The zero-order chi connectivity index (χ0) is 16.3. The SMILES string of the molecule is CCCOc1c(C)cc(-c2cccc(C(=O)O)c2C)cc1C. The molecule has 0 saturated carbocycles. The molecule has 0 aliphatic heterocycles. The third kappa shape index (κ3) is 3.14. The van der Waals surface area contributed by atoms with Gasteiger partial charge in [0.05, 0.1) is 12.2 Å². The molecule has 0 unspecified atom stereocenters. The second-order valence-corrected chi connectivity index (χ2v) is 5.57. The molecule has 0 aliphatic carbocycles. The number of ether oxygens (including phenoxy) is 1. The number of carboxylic acid groups (broad SMARTS) is 1. The minimum absolute atomic E-state index is 0.346. The Hall–Kier alpha value is -2.29. The summed E-state index contributed by atoms with van der Waals surface area (Å²) >= 11 is 0. The van der Waals surface area contributed by atoms with Crippen LogP contribution in [0.15, 0.2) is 30.3 Å². The molecule has 0 radical (unpaired) electrons. The van der Waals surface area contributed by atoms with Gasteiger partial charge in [-0.15, -0.1) is 0 Å². The molecule has 0 aromatic heterocycles. The molecule has 0 atom stereocenters. The van der Waals surface area contributed by atoms with Gasteiger partial charge in [-0.1, -0.05) is 19.1 Å². The molecule has 0 spiro atoms. The molecule has 0 saturated heterocycles. The van der Waals surface area contributed by atoms with Crippen molar-refractivity contribution in [3.63, 3.8) is 0 Å². The Balaban J connectivity index is 2.51. The smallest absolute Gasteiger partial charge is 0.335 e. The molecule has 0 bridgehead atoms. The third-order valence-corrected chi connectivity index (χ3v) is 3.79. The molecule has 3 heteroatoms. The third-order valence-electron chi connectivity index (χ3n) is 3.79. The van der Waals surface area contributed by atoms with Crippen molar-refractivity contribution in [2.45, 2.75) is 34.1 Å². The number of benzene rings is 2. The van der Waals surface area contributed by atoms with E-state index >= 15 is 0 Å². The zero-order valence-electron chi connectivity index (χ0n) is 13.6. The quantitative estimate of drug-likeness (QED) is 0.865. The van der Waals surface area contributed by atoms with E-state index in [2.05, 4.69) is 19.1 Å². The van der Waals surface area contributed by atoms with Crippen molar-refractivity contribution in [3.8, 4) is 16.9 Å². The molecule has 1 N–H and O–H groups in total. The first-order valence-corrected chi connectivity index (χ1v) is 7.53. The normalized spacial score (nSPS) is 10.5. The maximum absolute atomic E-state index is 11.3. The lowest BCUT2D eigenvalue weighted by atomic mass is 9.94. The van der Waals surface area contributed by atoms with E-state index in [0.29, 0.717) is 12.2 Å². The predicted molar refractivity (Wildman–Crippen MR) is 88.8 cm³/mol. The lowest BCUT2D eigenvalue weighted by molar-refractivity contribution is 0.0696. The summed E-state index contributed by atoms with van der Waals surface area (Å²) in [6, 6.07) is 9.51. The average molecular weight is 298 g/mol. The van der Waals surface area contributed by atoms with Gasteiger partial charge in [0.15, 0.2) is 0 Å². The first-order chi connectivity index (χ1) is 10.5. The Morgan fingerprint density at radius 2 is 1.77 bits per heavy atom. The Labute approximate surface area is 131 Å². The number of carbonyl (C=O) groups is 1. The Morgan fingerprint density at radius 1 is 1.14 bits per heavy atom. The van der Waals surface area contributed by atoms with Crippen LogP contribution in [-0.4, -0.2) is 17.7 Å². The first kappa shape index (κ1) is 16.1. The van der Waals surface area contributed by atoms with Crippen LogP contribution in [0.1, 0.15) is 40.4 Å². The number of hydrogen-bond donors (Lipinski definition) is 1. The molecule has 0 aliphatic rings. The van der Waals surface area contributed by atoms with Crippen LogP contribution < -0.4 is 4.74 Å². The van der Waals surface area contributed by atoms with Crippen molar-refractivity contribution in [2.75, 3.05) is 6.61 Å². The van der Waals surface area contributed by atoms with Crippen molar-refractivity contribution in [1.29, 1.82) is 0 Å². The number of carboxylic acids is 1. The molecule has 2 rings (SSSR count). The molecule has 22 heavy (non-hydrogen) atoms. The van der Waals surface area contributed by atoms with E-state index in [-0.39, 0.29) is 0 Å². The molecular formula is C19H22O3. The Kier molecular flexibility index (Phi) is 4.86. The molecule has 0 amide bonds. The minimum Gasteiger partial charge on any atom is -0.493 e. The van der Waals surface area contributed by atoms with Gasteiger partial charge in [-0.25, -0.2) is 4.79 Å². The molecular weight excluding hydrogens is 276 g/mol. The number of aromatic carboxylic acids is 1. The molecule has 0 fully saturated rings. The summed E-state index contributed by atoms with van der Waals surface area (Å²) in [5.41, 5.74) is 5.26. The van der Waals surface area contributed by atoms with Gasteiger partial charge in [-0.3, -0.25) is 0 Å². The standard InChI is InChI=1S/C19H22O3/c1-5-9-22-18-12(2)10-15(11-13(18)3)16-7-6-8-17(14(16)4)19(20)21/h6-8,10-11H,5,9H2,1-4H3,(H,20,21). The number of hydrogen-bond acceptors (Lipinski definition) is 2. The van der Waals surface area contributed by atoms with Crippen molar-refractivity contribution in [3.05, 3.63) is 52.6 Å². The molecule has 3 nitrogen and oxygen atoms in total. The van der Waals surface area contributed by atoms with E-state index in [1.165, 1.54) is 0 Å². The van der Waals surface area contributed by atoms with Crippen molar-refractivity contribution < 1.29 is 14.6 Å². The van der Waals surface area contributed by atoms with Crippen LogP contribution in [0.5, 0.6) is 5.75 Å². The van der Waals surface area contributed by atoms with Crippen molar-refractivity contribution in [2.24, 2.45) is 0 Å². The Bertz CT molecular complexity index is 679. The molecule has 116 valence electrons. The summed E-state index contributed by atoms with van der Waals surface area (Å²) in [6.45, 7) is 8.69. The van der Waals surface area contributed by atoms with Crippen LogP contribution in [0.2, 0.25) is 0 Å². The second kappa shape index (κ2) is 6.65. The van der Waals surface area contributed by atoms with Gasteiger partial charge < -0.3 is 9.84 Å². The van der Waals surface area contributed by atoms with E-state index in [9.17, 15) is 9.90 Å². The molecule has 2 aromatic rings. The summed E-state index contributed by atoms with van der Waals surface area (Å²) in [7, 11) is 0. The lowest BCUT2D eigenvalue weighted by Crippen LogP contribution is -2.02. The zero-order valence-corrected chi connectivity index (χ0v) is 13.6. The summed E-state index contributed by atoms with van der Waals surface area (Å²) in [4.78, 5) is 11.3. The first-order valence-electron chi connectivity index (χ1n) is 7.53. The summed E-state index contributed by atoms with van der Waals surface area (Å²) < 4.78 is 5.81. The fraction of sp³-hybridized carbons (Fsp3) is 0.316. The van der Waals surface area contributed by atoms with Gasteiger partial charge in [0.1, 0.15) is 5.75 Å². The second-order valence-electron chi connectivity index (χ2n) is 5.57. The van der Waals surface area contributed by atoms with E-state index in [1.807, 2.05) is 26.8 Å². The van der Waals surface area contributed by atoms with Crippen molar-refractivity contribution >= 4 is 5.97 Å². The van der Waals surface area contributed by atoms with E-state index in [1.54, 1.807) is 12.1 Å².